The maximum atomic E-state index is 12.3. The highest BCUT2D eigenvalue weighted by molar-refractivity contribution is 8.14. The van der Waals surface area contributed by atoms with Gasteiger partial charge in [0.2, 0.25) is 5.91 Å². The Morgan fingerprint density at radius 3 is 2.74 bits per heavy atom. The number of nitrogens with zero attached hydrogens (tertiary/aromatic N) is 2. The monoisotopic (exact) mass is 443 g/mol. The lowest BCUT2D eigenvalue weighted by atomic mass is 10.2. The fourth-order valence-corrected chi connectivity index (χ4v) is 3.06. The van der Waals surface area contributed by atoms with Crippen LogP contribution in [0.1, 0.15) is 10.6 Å². The standard InChI is InChI=1S/C19H17N5O6S/c1-28-10-5-6-11(13(8-10)29-2)21-14(25)9-31-19-23-16(20)15(18(27)24-19)22-17(26)12-4-3-7-30-12/h3-8H,9H2,1-2H3,(H,21,25)(H2,20,23,24,27). The smallest absolute Gasteiger partial charge is 0.313 e. The molecule has 3 N–H and O–H groups in total. The average molecular weight is 443 g/mol. The molecule has 3 rings (SSSR count). The molecule has 0 saturated carbocycles. The van der Waals surface area contributed by atoms with Crippen molar-refractivity contribution in [2.45, 2.75) is 0 Å². The Bertz CT molecular complexity index is 1090. The van der Waals surface area contributed by atoms with Crippen LogP contribution in [0.25, 0.3) is 0 Å². The summed E-state index contributed by atoms with van der Waals surface area (Å²) >= 11 is 0.913. The summed E-state index contributed by atoms with van der Waals surface area (Å²) in [6, 6.07) is 7.81. The van der Waals surface area contributed by atoms with Crippen molar-refractivity contribution in [1.29, 1.82) is 5.41 Å². The minimum absolute atomic E-state index is 0.0382. The van der Waals surface area contributed by atoms with Crippen LogP contribution in [0.4, 0.5) is 5.69 Å². The number of hydrogen-bond acceptors (Lipinski definition) is 8. The Balaban J connectivity index is 1.61. The lowest BCUT2D eigenvalue weighted by molar-refractivity contribution is -0.114. The molecule has 0 radical (unpaired) electrons. The highest BCUT2D eigenvalue weighted by atomic mass is 32.2. The Kier molecular flexibility index (Phi) is 6.82. The zero-order chi connectivity index (χ0) is 22.4. The number of methoxy groups -OCH3 is 2. The highest BCUT2D eigenvalue weighted by Gasteiger charge is 2.26. The van der Waals surface area contributed by atoms with Gasteiger partial charge in [-0.05, 0) is 24.3 Å². The first-order valence-corrected chi connectivity index (χ1v) is 9.70. The molecular formula is C19H17N5O6S. The lowest BCUT2D eigenvalue weighted by Crippen LogP contribution is -2.43. The van der Waals surface area contributed by atoms with E-state index in [9.17, 15) is 14.4 Å². The van der Waals surface area contributed by atoms with Crippen LogP contribution in [-0.2, 0) is 9.59 Å². The quantitative estimate of drug-likeness (QED) is 0.614. The number of ether oxygens (including phenoxy) is 2. The second-order valence-corrected chi connectivity index (χ2v) is 6.83. The summed E-state index contributed by atoms with van der Waals surface area (Å²) in [7, 11) is 2.98. The Morgan fingerprint density at radius 2 is 2.10 bits per heavy atom. The van der Waals surface area contributed by atoms with E-state index in [1.807, 2.05) is 0 Å². The SMILES string of the molecule is COc1ccc(NC(=O)CSC2=NC(=N)C(=NC(=O)c3ccco3)C(=O)N2)c(OC)c1. The summed E-state index contributed by atoms with van der Waals surface area (Å²) in [4.78, 5) is 43.9. The van der Waals surface area contributed by atoms with Crippen molar-refractivity contribution >= 4 is 51.9 Å². The first kappa shape index (κ1) is 21.8. The van der Waals surface area contributed by atoms with Gasteiger partial charge in [0.15, 0.2) is 22.5 Å². The van der Waals surface area contributed by atoms with E-state index < -0.39 is 23.4 Å². The van der Waals surface area contributed by atoms with Crippen molar-refractivity contribution in [3.05, 3.63) is 42.4 Å². The third-order valence-electron chi connectivity index (χ3n) is 3.84. The Labute approximate surface area is 180 Å². The molecule has 1 aromatic heterocycles. The number of carbonyl (C=O) groups excluding carboxylic acids is 3. The molecule has 0 fully saturated rings. The molecule has 160 valence electrons. The molecule has 0 aliphatic carbocycles. The Morgan fingerprint density at radius 1 is 1.29 bits per heavy atom. The number of nitrogens with one attached hydrogen (secondary N) is 3. The van der Waals surface area contributed by atoms with Crippen LogP contribution in [0.5, 0.6) is 11.5 Å². The van der Waals surface area contributed by atoms with Crippen molar-refractivity contribution in [3.8, 4) is 11.5 Å². The molecule has 31 heavy (non-hydrogen) atoms. The molecule has 1 aliphatic heterocycles. The fraction of sp³-hybridized carbons (Fsp3) is 0.158. The highest BCUT2D eigenvalue weighted by Crippen LogP contribution is 2.29. The second-order valence-electron chi connectivity index (χ2n) is 5.87. The van der Waals surface area contributed by atoms with Gasteiger partial charge in [-0.25, -0.2) is 4.99 Å². The van der Waals surface area contributed by atoms with Gasteiger partial charge in [-0.15, -0.1) is 0 Å². The molecule has 0 spiro atoms. The normalized spacial score (nSPS) is 14.6. The lowest BCUT2D eigenvalue weighted by Gasteiger charge is -2.15. The van der Waals surface area contributed by atoms with E-state index in [0.717, 1.165) is 11.8 Å². The van der Waals surface area contributed by atoms with Gasteiger partial charge in [0.05, 0.1) is 31.9 Å². The first-order valence-electron chi connectivity index (χ1n) is 8.71. The molecule has 2 heterocycles. The summed E-state index contributed by atoms with van der Waals surface area (Å²) in [5.41, 5.74) is 0.000269. The third-order valence-corrected chi connectivity index (χ3v) is 4.71. The van der Waals surface area contributed by atoms with Crippen molar-refractivity contribution < 1.29 is 28.3 Å². The van der Waals surface area contributed by atoms with E-state index in [4.69, 9.17) is 19.3 Å². The number of hydrogen-bond donors (Lipinski definition) is 3. The van der Waals surface area contributed by atoms with Crippen molar-refractivity contribution in [1.82, 2.24) is 5.32 Å². The largest absolute Gasteiger partial charge is 0.497 e. The summed E-state index contributed by atoms with van der Waals surface area (Å²) in [5, 5.41) is 13.0. The molecule has 0 atom stereocenters. The van der Waals surface area contributed by atoms with Crippen LogP contribution < -0.4 is 20.1 Å². The van der Waals surface area contributed by atoms with Gasteiger partial charge in [0.1, 0.15) is 11.5 Å². The number of thioether (sulfide) groups is 1. The number of amidine groups is 2. The molecule has 11 nitrogen and oxygen atoms in total. The maximum absolute atomic E-state index is 12.3. The Hall–Kier alpha value is -3.93. The number of amides is 3. The predicted molar refractivity (Wildman–Crippen MR) is 114 cm³/mol. The maximum Gasteiger partial charge on any atom is 0.313 e. The number of benzene rings is 1. The first-order chi connectivity index (χ1) is 14.9. The van der Waals surface area contributed by atoms with E-state index >= 15 is 0 Å². The number of carbonyl (C=O) groups is 3. The topological polar surface area (TPSA) is 155 Å². The summed E-state index contributed by atoms with van der Waals surface area (Å²) in [5.74, 6) is -1.64. The third kappa shape index (κ3) is 5.36. The number of anilines is 1. The van der Waals surface area contributed by atoms with Crippen molar-refractivity contribution in [2.24, 2.45) is 9.98 Å². The van der Waals surface area contributed by atoms with E-state index in [1.54, 1.807) is 18.2 Å². The predicted octanol–water partition coefficient (Wildman–Crippen LogP) is 1.71. The average Bonchev–Trinajstić information content (AvgIpc) is 3.30. The zero-order valence-electron chi connectivity index (χ0n) is 16.4. The van der Waals surface area contributed by atoms with E-state index in [1.165, 1.54) is 32.6 Å². The van der Waals surface area contributed by atoms with Crippen LogP contribution in [0, 0.1) is 5.41 Å². The molecule has 0 saturated heterocycles. The zero-order valence-corrected chi connectivity index (χ0v) is 17.2. The van der Waals surface area contributed by atoms with Gasteiger partial charge < -0.3 is 19.2 Å². The fourth-order valence-electron chi connectivity index (χ4n) is 2.40. The van der Waals surface area contributed by atoms with Crippen LogP contribution >= 0.6 is 11.8 Å². The van der Waals surface area contributed by atoms with Gasteiger partial charge in [-0.1, -0.05) is 11.8 Å². The molecule has 2 aromatic rings. The molecular weight excluding hydrogens is 426 g/mol. The number of furan rings is 1. The number of rotatable bonds is 6. The summed E-state index contributed by atoms with van der Waals surface area (Å²) < 4.78 is 15.2. The minimum Gasteiger partial charge on any atom is -0.497 e. The van der Waals surface area contributed by atoms with Gasteiger partial charge in [0.25, 0.3) is 5.91 Å². The molecule has 0 unspecified atom stereocenters. The van der Waals surface area contributed by atoms with E-state index in [0.29, 0.717) is 17.2 Å². The van der Waals surface area contributed by atoms with Gasteiger partial charge in [-0.3, -0.25) is 25.1 Å². The van der Waals surface area contributed by atoms with Crippen LogP contribution in [-0.4, -0.2) is 54.4 Å². The molecule has 0 bridgehead atoms. The van der Waals surface area contributed by atoms with Crippen molar-refractivity contribution in [2.75, 3.05) is 25.3 Å². The molecule has 12 heteroatoms. The molecule has 1 aliphatic rings. The van der Waals surface area contributed by atoms with E-state index in [-0.39, 0.29) is 22.6 Å². The minimum atomic E-state index is -0.806. The summed E-state index contributed by atoms with van der Waals surface area (Å²) in [6.07, 6.45) is 1.29. The van der Waals surface area contributed by atoms with Gasteiger partial charge in [0, 0.05) is 6.07 Å². The van der Waals surface area contributed by atoms with E-state index in [2.05, 4.69) is 20.6 Å². The summed E-state index contributed by atoms with van der Waals surface area (Å²) in [6.45, 7) is 0. The molecule has 3 amide bonds. The van der Waals surface area contributed by atoms with Crippen LogP contribution in [0.15, 0.2) is 51.0 Å². The van der Waals surface area contributed by atoms with Crippen molar-refractivity contribution in [3.63, 3.8) is 0 Å². The van der Waals surface area contributed by atoms with Crippen LogP contribution in [0.3, 0.4) is 0 Å². The van der Waals surface area contributed by atoms with Crippen LogP contribution in [0.2, 0.25) is 0 Å². The van der Waals surface area contributed by atoms with Gasteiger partial charge in [-0.2, -0.15) is 4.99 Å². The second kappa shape index (κ2) is 9.71. The molecule has 1 aromatic carbocycles. The number of aliphatic imine (C=N–C) groups is 2. The van der Waals surface area contributed by atoms with Gasteiger partial charge >= 0.3 is 5.91 Å².